The van der Waals surface area contributed by atoms with Crippen molar-refractivity contribution in [1.29, 1.82) is 0 Å². The van der Waals surface area contributed by atoms with Crippen LogP contribution in [0.3, 0.4) is 0 Å². The third-order valence-corrected chi connectivity index (χ3v) is 4.03. The molecular weight excluding hydrogens is 256 g/mol. The summed E-state index contributed by atoms with van der Waals surface area (Å²) in [5, 5.41) is 11.0. The fourth-order valence-corrected chi connectivity index (χ4v) is 3.13. The van der Waals surface area contributed by atoms with Crippen LogP contribution in [-0.2, 0) is 6.54 Å². The summed E-state index contributed by atoms with van der Waals surface area (Å²) in [6, 6.07) is 0.142. The molecule has 1 N–H and O–H groups in total. The molecule has 0 radical (unpaired) electrons. The molecule has 104 valence electrons. The Hall–Kier alpha value is -1.20. The lowest BCUT2D eigenvalue weighted by atomic mass is 10.1. The zero-order valence-corrected chi connectivity index (χ0v) is 12.9. The van der Waals surface area contributed by atoms with Crippen molar-refractivity contribution in [3.63, 3.8) is 0 Å². The highest BCUT2D eigenvalue weighted by molar-refractivity contribution is 7.09. The Kier molecular flexibility index (Phi) is 4.71. The number of aromatic nitrogens is 3. The Morgan fingerprint density at radius 2 is 2.21 bits per heavy atom. The maximum Gasteiger partial charge on any atom is 0.115 e. The average Bonchev–Trinajstić information content (AvgIpc) is 3.01. The van der Waals surface area contributed by atoms with Crippen molar-refractivity contribution in [2.45, 2.75) is 45.7 Å². The molecule has 0 saturated carbocycles. The summed E-state index contributed by atoms with van der Waals surface area (Å²) in [6.07, 6.45) is 5.15. The molecule has 0 saturated heterocycles. The first kappa shape index (κ1) is 14.2. The second-order valence-corrected chi connectivity index (χ2v) is 5.91. The van der Waals surface area contributed by atoms with E-state index in [9.17, 15) is 0 Å². The molecule has 0 aliphatic heterocycles. The first-order chi connectivity index (χ1) is 9.15. The van der Waals surface area contributed by atoms with Gasteiger partial charge < -0.3 is 5.32 Å². The standard InChI is InChI=1S/C14H22N4S/c1-5-6-18-8-11(7-16-18)13(15-4)14-17-12(9-19-14)10(2)3/h7-10,13,15H,5-6H2,1-4H3. The molecular formula is C14H22N4S. The van der Waals surface area contributed by atoms with Crippen LogP contribution in [0.1, 0.15) is 55.4 Å². The van der Waals surface area contributed by atoms with Crippen molar-refractivity contribution < 1.29 is 0 Å². The number of thiazole rings is 1. The Labute approximate surface area is 118 Å². The minimum Gasteiger partial charge on any atom is -0.307 e. The van der Waals surface area contributed by atoms with Crippen molar-refractivity contribution in [2.75, 3.05) is 7.05 Å². The van der Waals surface area contributed by atoms with Crippen LogP contribution in [0.5, 0.6) is 0 Å². The highest BCUT2D eigenvalue weighted by Crippen LogP contribution is 2.27. The summed E-state index contributed by atoms with van der Waals surface area (Å²) in [5.74, 6) is 0.477. The van der Waals surface area contributed by atoms with Crippen molar-refractivity contribution in [3.8, 4) is 0 Å². The van der Waals surface area contributed by atoms with Crippen LogP contribution >= 0.6 is 11.3 Å². The molecule has 0 fully saturated rings. The quantitative estimate of drug-likeness (QED) is 0.882. The van der Waals surface area contributed by atoms with Crippen molar-refractivity contribution in [1.82, 2.24) is 20.1 Å². The zero-order valence-electron chi connectivity index (χ0n) is 12.1. The summed E-state index contributed by atoms with van der Waals surface area (Å²) < 4.78 is 2.00. The van der Waals surface area contributed by atoms with Gasteiger partial charge in [0.2, 0.25) is 0 Å². The Bertz CT molecular complexity index is 515. The van der Waals surface area contributed by atoms with Gasteiger partial charge in [-0.15, -0.1) is 11.3 Å². The average molecular weight is 278 g/mol. The van der Waals surface area contributed by atoms with E-state index < -0.39 is 0 Å². The summed E-state index contributed by atoms with van der Waals surface area (Å²) in [7, 11) is 1.97. The van der Waals surface area contributed by atoms with Gasteiger partial charge in [0, 0.05) is 23.7 Å². The van der Waals surface area contributed by atoms with E-state index in [0.29, 0.717) is 5.92 Å². The first-order valence-electron chi connectivity index (χ1n) is 6.80. The highest BCUT2D eigenvalue weighted by Gasteiger charge is 2.18. The molecule has 2 heterocycles. The van der Waals surface area contributed by atoms with E-state index in [1.807, 2.05) is 17.9 Å². The molecule has 1 unspecified atom stereocenters. The predicted molar refractivity (Wildman–Crippen MR) is 79.6 cm³/mol. The molecule has 0 spiro atoms. The number of aryl methyl sites for hydroxylation is 1. The van der Waals surface area contributed by atoms with Crippen LogP contribution in [-0.4, -0.2) is 21.8 Å². The fraction of sp³-hybridized carbons (Fsp3) is 0.571. The van der Waals surface area contributed by atoms with Crippen LogP contribution < -0.4 is 5.32 Å². The van der Waals surface area contributed by atoms with Gasteiger partial charge in [0.1, 0.15) is 5.01 Å². The molecule has 1 atom stereocenters. The van der Waals surface area contributed by atoms with Gasteiger partial charge in [-0.25, -0.2) is 4.98 Å². The second-order valence-electron chi connectivity index (χ2n) is 5.02. The summed E-state index contributed by atoms with van der Waals surface area (Å²) in [4.78, 5) is 4.73. The van der Waals surface area contributed by atoms with Gasteiger partial charge in [-0.1, -0.05) is 20.8 Å². The van der Waals surface area contributed by atoms with Gasteiger partial charge in [0.25, 0.3) is 0 Å². The molecule has 2 rings (SSSR count). The molecule has 0 bridgehead atoms. The topological polar surface area (TPSA) is 42.7 Å². The molecule has 2 aromatic rings. The largest absolute Gasteiger partial charge is 0.307 e. The molecule has 4 nitrogen and oxygen atoms in total. The van der Waals surface area contributed by atoms with Gasteiger partial charge >= 0.3 is 0 Å². The normalized spacial score (nSPS) is 13.1. The molecule has 19 heavy (non-hydrogen) atoms. The summed E-state index contributed by atoms with van der Waals surface area (Å²) in [6.45, 7) is 7.47. The van der Waals surface area contributed by atoms with Gasteiger partial charge in [0.15, 0.2) is 0 Å². The van der Waals surface area contributed by atoms with Crippen LogP contribution in [0.2, 0.25) is 0 Å². The van der Waals surface area contributed by atoms with Crippen LogP contribution in [0.25, 0.3) is 0 Å². The minimum atomic E-state index is 0.142. The molecule has 0 aliphatic rings. The Balaban J connectivity index is 2.22. The smallest absolute Gasteiger partial charge is 0.115 e. The van der Waals surface area contributed by atoms with E-state index in [1.165, 1.54) is 11.3 Å². The number of nitrogens with zero attached hydrogens (tertiary/aromatic N) is 3. The lowest BCUT2D eigenvalue weighted by Crippen LogP contribution is -2.17. The third-order valence-electron chi connectivity index (χ3n) is 3.11. The van der Waals surface area contributed by atoms with Gasteiger partial charge in [-0.2, -0.15) is 5.10 Å². The molecule has 2 aromatic heterocycles. The molecule has 0 amide bonds. The zero-order chi connectivity index (χ0) is 13.8. The minimum absolute atomic E-state index is 0.142. The lowest BCUT2D eigenvalue weighted by Gasteiger charge is -2.11. The molecule has 0 aromatic carbocycles. The fourth-order valence-electron chi connectivity index (χ4n) is 2.01. The van der Waals surface area contributed by atoms with Crippen LogP contribution in [0, 0.1) is 0 Å². The Morgan fingerprint density at radius 3 is 2.79 bits per heavy atom. The predicted octanol–water partition coefficient (Wildman–Crippen LogP) is 3.18. The lowest BCUT2D eigenvalue weighted by molar-refractivity contribution is 0.600. The maximum absolute atomic E-state index is 4.73. The number of rotatable bonds is 6. The van der Waals surface area contributed by atoms with Gasteiger partial charge in [-0.3, -0.25) is 4.68 Å². The van der Waals surface area contributed by atoms with E-state index in [0.717, 1.165) is 18.0 Å². The van der Waals surface area contributed by atoms with Crippen LogP contribution in [0.4, 0.5) is 0 Å². The number of hydrogen-bond acceptors (Lipinski definition) is 4. The summed E-state index contributed by atoms with van der Waals surface area (Å²) >= 11 is 1.72. The van der Waals surface area contributed by atoms with Crippen molar-refractivity contribution >= 4 is 11.3 Å². The molecule has 5 heteroatoms. The SMILES string of the molecule is CCCn1cc(C(NC)c2nc(C(C)C)cs2)cn1. The first-order valence-corrected chi connectivity index (χ1v) is 7.68. The second kappa shape index (κ2) is 6.30. The Morgan fingerprint density at radius 1 is 1.42 bits per heavy atom. The van der Waals surface area contributed by atoms with E-state index >= 15 is 0 Å². The third kappa shape index (κ3) is 3.22. The van der Waals surface area contributed by atoms with Gasteiger partial charge in [0.05, 0.1) is 17.9 Å². The molecule has 0 aliphatic carbocycles. The van der Waals surface area contributed by atoms with E-state index in [2.05, 4.69) is 42.8 Å². The maximum atomic E-state index is 4.73. The summed E-state index contributed by atoms with van der Waals surface area (Å²) in [5.41, 5.74) is 2.35. The van der Waals surface area contributed by atoms with E-state index in [1.54, 1.807) is 11.3 Å². The van der Waals surface area contributed by atoms with Crippen molar-refractivity contribution in [3.05, 3.63) is 34.0 Å². The van der Waals surface area contributed by atoms with Crippen molar-refractivity contribution in [2.24, 2.45) is 0 Å². The van der Waals surface area contributed by atoms with E-state index in [-0.39, 0.29) is 6.04 Å². The highest BCUT2D eigenvalue weighted by atomic mass is 32.1. The van der Waals surface area contributed by atoms with E-state index in [4.69, 9.17) is 4.98 Å². The van der Waals surface area contributed by atoms with Crippen LogP contribution in [0.15, 0.2) is 17.8 Å². The number of hydrogen-bond donors (Lipinski definition) is 1. The van der Waals surface area contributed by atoms with Gasteiger partial charge in [-0.05, 0) is 19.4 Å². The monoisotopic (exact) mass is 278 g/mol. The number of nitrogens with one attached hydrogen (secondary N) is 1.